The summed E-state index contributed by atoms with van der Waals surface area (Å²) < 4.78 is 5.68. The zero-order valence-corrected chi connectivity index (χ0v) is 17.9. The SMILES string of the molecule is O=C(NCCO)C(Cc1ccccc1)N(Cc1ccccc1)C(=O)COc1ccccc1. The molecule has 166 valence electrons. The van der Waals surface area contributed by atoms with E-state index in [9.17, 15) is 9.59 Å². The standard InChI is InChI=1S/C26H28N2O4/c29-17-16-27-26(31)24(18-21-10-4-1-5-11-21)28(19-22-12-6-2-7-13-22)25(30)20-32-23-14-8-3-9-15-23/h1-15,24,29H,16-20H2,(H,27,31). The first-order valence-corrected chi connectivity index (χ1v) is 10.6. The number of nitrogens with zero attached hydrogens (tertiary/aromatic N) is 1. The number of hydrogen-bond acceptors (Lipinski definition) is 4. The number of ether oxygens (including phenoxy) is 1. The average Bonchev–Trinajstić information content (AvgIpc) is 2.85. The number of nitrogens with one attached hydrogen (secondary N) is 1. The normalized spacial score (nSPS) is 11.4. The molecule has 3 aromatic carbocycles. The van der Waals surface area contributed by atoms with E-state index in [0.29, 0.717) is 12.2 Å². The maximum atomic E-state index is 13.3. The Morgan fingerprint density at radius 2 is 1.41 bits per heavy atom. The van der Waals surface area contributed by atoms with E-state index in [1.165, 1.54) is 0 Å². The third-order valence-corrected chi connectivity index (χ3v) is 4.98. The van der Waals surface area contributed by atoms with Gasteiger partial charge in [-0.2, -0.15) is 0 Å². The number of aliphatic hydroxyl groups is 1. The van der Waals surface area contributed by atoms with Gasteiger partial charge in [0.1, 0.15) is 11.8 Å². The lowest BCUT2D eigenvalue weighted by Crippen LogP contribution is -2.52. The number of para-hydroxylation sites is 1. The van der Waals surface area contributed by atoms with Crippen molar-refractivity contribution in [2.45, 2.75) is 19.0 Å². The summed E-state index contributed by atoms with van der Waals surface area (Å²) in [6, 6.07) is 27.5. The fraction of sp³-hybridized carbons (Fsp3) is 0.231. The van der Waals surface area contributed by atoms with Crippen LogP contribution in [0.5, 0.6) is 5.75 Å². The first-order valence-electron chi connectivity index (χ1n) is 10.6. The van der Waals surface area contributed by atoms with E-state index in [1.54, 1.807) is 17.0 Å². The fourth-order valence-corrected chi connectivity index (χ4v) is 3.38. The molecule has 0 saturated heterocycles. The van der Waals surface area contributed by atoms with E-state index in [0.717, 1.165) is 11.1 Å². The van der Waals surface area contributed by atoms with Gasteiger partial charge in [0.05, 0.1) is 6.61 Å². The fourth-order valence-electron chi connectivity index (χ4n) is 3.38. The number of carbonyl (C=O) groups excluding carboxylic acids is 2. The van der Waals surface area contributed by atoms with Gasteiger partial charge in [0, 0.05) is 19.5 Å². The second-order valence-corrected chi connectivity index (χ2v) is 7.33. The van der Waals surface area contributed by atoms with Crippen molar-refractivity contribution in [1.29, 1.82) is 0 Å². The number of hydrogen-bond donors (Lipinski definition) is 2. The van der Waals surface area contributed by atoms with E-state index in [1.807, 2.05) is 78.9 Å². The molecule has 0 spiro atoms. The minimum absolute atomic E-state index is 0.123. The number of carbonyl (C=O) groups is 2. The largest absolute Gasteiger partial charge is 0.484 e. The van der Waals surface area contributed by atoms with Gasteiger partial charge in [-0.1, -0.05) is 78.9 Å². The van der Waals surface area contributed by atoms with Crippen molar-refractivity contribution in [1.82, 2.24) is 10.2 Å². The highest BCUT2D eigenvalue weighted by molar-refractivity contribution is 5.88. The molecule has 3 rings (SSSR count). The Morgan fingerprint density at radius 3 is 2.00 bits per heavy atom. The summed E-state index contributed by atoms with van der Waals surface area (Å²) in [4.78, 5) is 27.9. The van der Waals surface area contributed by atoms with E-state index in [2.05, 4.69) is 5.32 Å². The Hall–Kier alpha value is -3.64. The first kappa shape index (κ1) is 23.0. The van der Waals surface area contributed by atoms with Crippen molar-refractivity contribution >= 4 is 11.8 Å². The van der Waals surface area contributed by atoms with Crippen LogP contribution in [0.25, 0.3) is 0 Å². The minimum atomic E-state index is -0.754. The van der Waals surface area contributed by atoms with Gasteiger partial charge in [-0.3, -0.25) is 9.59 Å². The Labute approximate surface area is 188 Å². The molecule has 6 nitrogen and oxygen atoms in total. The van der Waals surface area contributed by atoms with Crippen LogP contribution in [-0.4, -0.2) is 47.6 Å². The molecule has 0 bridgehead atoms. The molecule has 0 heterocycles. The molecule has 32 heavy (non-hydrogen) atoms. The summed E-state index contributed by atoms with van der Waals surface area (Å²) in [5.41, 5.74) is 1.85. The third-order valence-electron chi connectivity index (χ3n) is 4.98. The second kappa shape index (κ2) is 12.3. The lowest BCUT2D eigenvalue weighted by atomic mass is 10.0. The molecule has 0 saturated carbocycles. The van der Waals surface area contributed by atoms with E-state index in [4.69, 9.17) is 9.84 Å². The van der Waals surface area contributed by atoms with Gasteiger partial charge in [-0.25, -0.2) is 0 Å². The molecule has 1 unspecified atom stereocenters. The maximum Gasteiger partial charge on any atom is 0.261 e. The lowest BCUT2D eigenvalue weighted by molar-refractivity contribution is -0.142. The van der Waals surface area contributed by atoms with Crippen molar-refractivity contribution in [3.63, 3.8) is 0 Å². The van der Waals surface area contributed by atoms with E-state index >= 15 is 0 Å². The van der Waals surface area contributed by atoms with Crippen molar-refractivity contribution in [3.8, 4) is 5.75 Å². The Kier molecular flexibility index (Phi) is 8.83. The lowest BCUT2D eigenvalue weighted by Gasteiger charge is -2.31. The van der Waals surface area contributed by atoms with Gasteiger partial charge >= 0.3 is 0 Å². The van der Waals surface area contributed by atoms with Gasteiger partial charge in [-0.15, -0.1) is 0 Å². The molecular formula is C26H28N2O4. The van der Waals surface area contributed by atoms with Crippen LogP contribution < -0.4 is 10.1 Å². The van der Waals surface area contributed by atoms with Crippen LogP contribution in [0.2, 0.25) is 0 Å². The Balaban J connectivity index is 1.86. The third kappa shape index (κ3) is 6.96. The van der Waals surface area contributed by atoms with Gasteiger partial charge < -0.3 is 20.1 Å². The highest BCUT2D eigenvalue weighted by Crippen LogP contribution is 2.16. The number of amides is 2. The molecule has 1 atom stereocenters. The van der Waals surface area contributed by atoms with Crippen LogP contribution in [0.4, 0.5) is 0 Å². The average molecular weight is 433 g/mol. The molecule has 0 aliphatic rings. The summed E-state index contributed by atoms with van der Waals surface area (Å²) in [6.45, 7) is 0.0306. The van der Waals surface area contributed by atoms with Crippen LogP contribution in [0.1, 0.15) is 11.1 Å². The Bertz CT molecular complexity index is 965. The van der Waals surface area contributed by atoms with E-state index < -0.39 is 6.04 Å². The molecule has 0 aliphatic carbocycles. The highest BCUT2D eigenvalue weighted by atomic mass is 16.5. The quantitative estimate of drug-likeness (QED) is 0.488. The zero-order valence-electron chi connectivity index (χ0n) is 17.9. The second-order valence-electron chi connectivity index (χ2n) is 7.33. The predicted octanol–water partition coefficient (Wildman–Crippen LogP) is 2.81. The molecule has 0 aromatic heterocycles. The van der Waals surface area contributed by atoms with Crippen LogP contribution in [-0.2, 0) is 22.6 Å². The summed E-state index contributed by atoms with van der Waals surface area (Å²) >= 11 is 0. The molecule has 6 heteroatoms. The highest BCUT2D eigenvalue weighted by Gasteiger charge is 2.30. The Morgan fingerprint density at radius 1 is 0.844 bits per heavy atom. The van der Waals surface area contributed by atoms with E-state index in [-0.39, 0.29) is 38.1 Å². The smallest absolute Gasteiger partial charge is 0.261 e. The molecule has 0 fully saturated rings. The van der Waals surface area contributed by atoms with Crippen molar-refractivity contribution in [3.05, 3.63) is 102 Å². The summed E-state index contributed by atoms with van der Waals surface area (Å²) in [5, 5.41) is 11.9. The number of benzene rings is 3. The van der Waals surface area contributed by atoms with Crippen LogP contribution in [0, 0.1) is 0 Å². The monoisotopic (exact) mass is 432 g/mol. The van der Waals surface area contributed by atoms with Gasteiger partial charge in [0.2, 0.25) is 5.91 Å². The van der Waals surface area contributed by atoms with Crippen LogP contribution in [0.3, 0.4) is 0 Å². The minimum Gasteiger partial charge on any atom is -0.484 e. The maximum absolute atomic E-state index is 13.3. The van der Waals surface area contributed by atoms with Gasteiger partial charge in [0.25, 0.3) is 5.91 Å². The summed E-state index contributed by atoms with van der Waals surface area (Å²) in [5.74, 6) is -0.0190. The topological polar surface area (TPSA) is 78.9 Å². The predicted molar refractivity (Wildman–Crippen MR) is 123 cm³/mol. The van der Waals surface area contributed by atoms with Crippen molar-refractivity contribution < 1.29 is 19.4 Å². The van der Waals surface area contributed by atoms with Gasteiger partial charge in [-0.05, 0) is 23.3 Å². The van der Waals surface area contributed by atoms with Crippen molar-refractivity contribution in [2.24, 2.45) is 0 Å². The number of rotatable bonds is 11. The molecule has 0 aliphatic heterocycles. The molecule has 2 amide bonds. The van der Waals surface area contributed by atoms with Gasteiger partial charge in [0.15, 0.2) is 6.61 Å². The summed E-state index contributed by atoms with van der Waals surface area (Å²) in [6.07, 6.45) is 0.349. The number of aliphatic hydroxyl groups excluding tert-OH is 1. The molecular weight excluding hydrogens is 404 g/mol. The van der Waals surface area contributed by atoms with Crippen LogP contribution in [0.15, 0.2) is 91.0 Å². The molecule has 2 N–H and O–H groups in total. The molecule has 0 radical (unpaired) electrons. The first-order chi connectivity index (χ1) is 15.7. The molecule has 3 aromatic rings. The van der Waals surface area contributed by atoms with Crippen LogP contribution >= 0.6 is 0 Å². The van der Waals surface area contributed by atoms with Crippen molar-refractivity contribution in [2.75, 3.05) is 19.8 Å². The zero-order chi connectivity index (χ0) is 22.6. The summed E-state index contributed by atoms with van der Waals surface area (Å²) in [7, 11) is 0.